The molecule has 0 N–H and O–H groups in total. The molecule has 3 aromatic heterocycles. The first kappa shape index (κ1) is 41.0. The smallest absolute Gasteiger partial charge is 0.269 e. The second-order valence-electron chi connectivity index (χ2n) is 21.5. The van der Waals surface area contributed by atoms with Crippen LogP contribution in [0.3, 0.4) is 0 Å². The molecule has 7 aromatic rings. The molecule has 0 unspecified atom stereocenters. The number of benzene rings is 4. The van der Waals surface area contributed by atoms with Crippen LogP contribution in [0.1, 0.15) is 137 Å². The summed E-state index contributed by atoms with van der Waals surface area (Å²) in [5.41, 5.74) is 11.2. The SMILES string of the molecule is Cc1ccnc(-n2c3ccccc3c3ccc(Oc4cc(-n5[c-][n+](-c6cc(C(C)(C)C)cc(C(C)(C)C)c6)c(C(C)(C)C)c5C(C)(C)C)cc(C(C)(C)C)c4)cc32)c1. The summed E-state index contributed by atoms with van der Waals surface area (Å²) in [5.74, 6) is 2.45. The van der Waals surface area contributed by atoms with Crippen molar-refractivity contribution in [3.05, 3.63) is 137 Å². The van der Waals surface area contributed by atoms with Crippen molar-refractivity contribution in [1.29, 1.82) is 0 Å². The number of ether oxygens (including phenoxy) is 1. The van der Waals surface area contributed by atoms with Gasteiger partial charge in [-0.2, -0.15) is 0 Å². The van der Waals surface area contributed by atoms with Crippen molar-refractivity contribution in [3.8, 4) is 28.7 Å². The first-order valence-electron chi connectivity index (χ1n) is 20.9. The highest BCUT2D eigenvalue weighted by Crippen LogP contribution is 2.40. The standard InChI is InChI=1S/C53H64N4O/c1-34-23-24-54-46(25-34)57-44-20-18-17-19-42(44)43-22-21-40(32-45(43)57)58-41-30-37(51(8,9)10)29-39(31-41)56-33-55(47(52(11,12)13)48(56)53(14,15)16)38-27-35(49(2,3)4)26-36(28-38)50(5,6)7/h17-32H,1-16H3. The molecule has 0 spiro atoms. The Balaban J connectivity index is 1.45. The van der Waals surface area contributed by atoms with Crippen LogP contribution in [0.15, 0.2) is 97.2 Å². The lowest BCUT2D eigenvalue weighted by Crippen LogP contribution is -2.41. The van der Waals surface area contributed by atoms with E-state index in [-0.39, 0.29) is 27.1 Å². The Labute approximate surface area is 347 Å². The Morgan fingerprint density at radius 2 is 1.16 bits per heavy atom. The number of fused-ring (bicyclic) bond motifs is 3. The van der Waals surface area contributed by atoms with Crippen LogP contribution in [0.5, 0.6) is 11.5 Å². The molecule has 0 aliphatic heterocycles. The molecule has 0 fully saturated rings. The maximum atomic E-state index is 6.95. The zero-order valence-corrected chi connectivity index (χ0v) is 37.9. The first-order valence-corrected chi connectivity index (χ1v) is 20.9. The highest BCUT2D eigenvalue weighted by Gasteiger charge is 2.35. The average Bonchev–Trinajstić information content (AvgIpc) is 3.68. The quantitative estimate of drug-likeness (QED) is 0.129. The minimum absolute atomic E-state index is 0.0188. The molecule has 0 saturated carbocycles. The van der Waals surface area contributed by atoms with Gasteiger partial charge in [-0.25, -0.2) is 4.98 Å². The number of hydrogen-bond acceptors (Lipinski definition) is 2. The van der Waals surface area contributed by atoms with Gasteiger partial charge < -0.3 is 4.74 Å². The highest BCUT2D eigenvalue weighted by molar-refractivity contribution is 6.09. The maximum absolute atomic E-state index is 6.95. The van der Waals surface area contributed by atoms with E-state index in [0.717, 1.165) is 45.1 Å². The van der Waals surface area contributed by atoms with Crippen LogP contribution in [0, 0.1) is 13.3 Å². The van der Waals surface area contributed by atoms with Crippen molar-refractivity contribution in [2.24, 2.45) is 0 Å². The molecule has 4 aromatic carbocycles. The number of para-hydroxylation sites is 1. The zero-order valence-electron chi connectivity index (χ0n) is 37.9. The van der Waals surface area contributed by atoms with Crippen LogP contribution in [0.2, 0.25) is 0 Å². The van der Waals surface area contributed by atoms with E-state index in [2.05, 4.69) is 216 Å². The van der Waals surface area contributed by atoms with E-state index < -0.39 is 0 Å². The van der Waals surface area contributed by atoms with Gasteiger partial charge in [0, 0.05) is 23.0 Å². The summed E-state index contributed by atoms with van der Waals surface area (Å²) in [4.78, 5) is 4.80. The van der Waals surface area contributed by atoms with Crippen molar-refractivity contribution in [3.63, 3.8) is 0 Å². The number of aromatic nitrogens is 4. The van der Waals surface area contributed by atoms with E-state index >= 15 is 0 Å². The Hall–Kier alpha value is -5.16. The molecule has 0 bridgehead atoms. The number of pyridine rings is 1. The van der Waals surface area contributed by atoms with Gasteiger partial charge in [0.1, 0.15) is 17.3 Å². The third kappa shape index (κ3) is 7.85. The van der Waals surface area contributed by atoms with Gasteiger partial charge in [0.2, 0.25) is 0 Å². The summed E-state index contributed by atoms with van der Waals surface area (Å²) in [6.45, 7) is 36.7. The van der Waals surface area contributed by atoms with E-state index in [1.807, 2.05) is 12.3 Å². The number of imidazole rings is 1. The third-order valence-electron chi connectivity index (χ3n) is 11.2. The van der Waals surface area contributed by atoms with Crippen molar-refractivity contribution < 1.29 is 9.30 Å². The molecule has 302 valence electrons. The molecule has 58 heavy (non-hydrogen) atoms. The van der Waals surface area contributed by atoms with Crippen molar-refractivity contribution >= 4 is 21.8 Å². The van der Waals surface area contributed by atoms with Gasteiger partial charge in [0.05, 0.1) is 33.8 Å². The molecule has 0 amide bonds. The molecule has 0 radical (unpaired) electrons. The highest BCUT2D eigenvalue weighted by atomic mass is 16.5. The lowest BCUT2D eigenvalue weighted by Gasteiger charge is -2.31. The number of hydrogen-bond donors (Lipinski definition) is 0. The molecule has 0 saturated heterocycles. The van der Waals surface area contributed by atoms with Gasteiger partial charge in [0.25, 0.3) is 6.33 Å². The zero-order chi connectivity index (χ0) is 42.3. The van der Waals surface area contributed by atoms with Gasteiger partial charge in [-0.3, -0.25) is 13.7 Å². The molecule has 5 nitrogen and oxygen atoms in total. The fourth-order valence-electron chi connectivity index (χ4n) is 8.02. The van der Waals surface area contributed by atoms with E-state index in [1.54, 1.807) is 0 Å². The second kappa shape index (κ2) is 14.0. The van der Waals surface area contributed by atoms with Crippen LogP contribution in [-0.4, -0.2) is 14.1 Å². The molecule has 0 atom stereocenters. The lowest BCUT2D eigenvalue weighted by atomic mass is 9.79. The summed E-state index contributed by atoms with van der Waals surface area (Å²) in [5, 5.41) is 2.35. The Morgan fingerprint density at radius 1 is 0.552 bits per heavy atom. The molecular weight excluding hydrogens is 709 g/mol. The molecular formula is C53H64N4O. The Morgan fingerprint density at radius 3 is 1.74 bits per heavy atom. The van der Waals surface area contributed by atoms with Gasteiger partial charge in [-0.15, -0.1) is 0 Å². The summed E-state index contributed by atoms with van der Waals surface area (Å²) in [6, 6.07) is 33.0. The van der Waals surface area contributed by atoms with Gasteiger partial charge >= 0.3 is 0 Å². The lowest BCUT2D eigenvalue weighted by molar-refractivity contribution is -0.611. The molecule has 7 rings (SSSR count). The maximum Gasteiger partial charge on any atom is 0.269 e. The van der Waals surface area contributed by atoms with Crippen LogP contribution in [-0.2, 0) is 27.1 Å². The van der Waals surface area contributed by atoms with Crippen molar-refractivity contribution in [2.45, 2.75) is 138 Å². The molecule has 5 heteroatoms. The Kier molecular flexibility index (Phi) is 9.90. The van der Waals surface area contributed by atoms with Gasteiger partial charge in [0.15, 0.2) is 0 Å². The van der Waals surface area contributed by atoms with Crippen LogP contribution >= 0.6 is 0 Å². The summed E-state index contributed by atoms with van der Waals surface area (Å²) >= 11 is 0. The van der Waals surface area contributed by atoms with Crippen molar-refractivity contribution in [1.82, 2.24) is 14.1 Å². The third-order valence-corrected chi connectivity index (χ3v) is 11.2. The van der Waals surface area contributed by atoms with E-state index in [9.17, 15) is 0 Å². The van der Waals surface area contributed by atoms with Crippen LogP contribution < -0.4 is 9.30 Å². The normalized spacial score (nSPS) is 13.2. The van der Waals surface area contributed by atoms with Crippen LogP contribution in [0.4, 0.5) is 0 Å². The predicted molar refractivity (Wildman–Crippen MR) is 243 cm³/mol. The van der Waals surface area contributed by atoms with Crippen LogP contribution in [0.25, 0.3) is 39.0 Å². The van der Waals surface area contributed by atoms with Gasteiger partial charge in [-0.1, -0.05) is 128 Å². The largest absolute Gasteiger partial charge is 0.458 e. The molecule has 0 aliphatic carbocycles. The predicted octanol–water partition coefficient (Wildman–Crippen LogP) is 13.6. The van der Waals surface area contributed by atoms with Gasteiger partial charge in [-0.05, 0) is 117 Å². The van der Waals surface area contributed by atoms with E-state index in [1.165, 1.54) is 39.0 Å². The number of nitrogens with zero attached hydrogens (tertiary/aromatic N) is 4. The van der Waals surface area contributed by atoms with E-state index in [0.29, 0.717) is 0 Å². The fraction of sp³-hybridized carbons (Fsp3) is 0.396. The van der Waals surface area contributed by atoms with E-state index in [4.69, 9.17) is 9.72 Å². The first-order chi connectivity index (χ1) is 26.8. The van der Waals surface area contributed by atoms with Crippen molar-refractivity contribution in [2.75, 3.05) is 0 Å². The second-order valence-corrected chi connectivity index (χ2v) is 21.5. The molecule has 0 aliphatic rings. The topological polar surface area (TPSA) is 35.9 Å². The monoisotopic (exact) mass is 773 g/mol. The fourth-order valence-corrected chi connectivity index (χ4v) is 8.02. The summed E-state index contributed by atoms with van der Waals surface area (Å²) in [6.07, 6.45) is 5.84. The molecule has 3 heterocycles. The summed E-state index contributed by atoms with van der Waals surface area (Å²) in [7, 11) is 0. The minimum atomic E-state index is -0.208. The Bertz CT molecular complexity index is 2640. The number of aryl methyl sites for hydroxylation is 1. The minimum Gasteiger partial charge on any atom is -0.458 e. The average molecular weight is 773 g/mol. The number of rotatable bonds is 5. The summed E-state index contributed by atoms with van der Waals surface area (Å²) < 4.78 is 13.9.